The zero-order valence-corrected chi connectivity index (χ0v) is 9.44. The molecule has 0 heterocycles. The molecule has 0 amide bonds. The number of ether oxygens (including phenoxy) is 2. The van der Waals surface area contributed by atoms with Crippen LogP contribution < -0.4 is 0 Å². The van der Waals surface area contributed by atoms with Gasteiger partial charge in [-0.05, 0) is 6.92 Å². The molecule has 6 nitrogen and oxygen atoms in total. The van der Waals surface area contributed by atoms with Crippen molar-refractivity contribution in [2.45, 2.75) is 19.8 Å². The number of methoxy groups -OCH3 is 2. The molecule has 0 aromatic heterocycles. The first-order valence-corrected chi connectivity index (χ1v) is 4.59. The summed E-state index contributed by atoms with van der Waals surface area (Å²) < 4.78 is 8.67. The van der Waals surface area contributed by atoms with E-state index in [9.17, 15) is 19.2 Å². The summed E-state index contributed by atoms with van der Waals surface area (Å²) in [6.45, 7) is 1.19. The Labute approximate surface area is 92.9 Å². The second kappa shape index (κ2) is 6.71. The van der Waals surface area contributed by atoms with E-state index in [1.54, 1.807) is 0 Å². The summed E-state index contributed by atoms with van der Waals surface area (Å²) in [5.74, 6) is -3.60. The SMILES string of the molecule is COC(=O)CC(=O)CC(C(C)=O)C(=O)OC. The van der Waals surface area contributed by atoms with Crippen molar-refractivity contribution in [2.24, 2.45) is 5.92 Å². The fourth-order valence-electron chi connectivity index (χ4n) is 1.07. The molecule has 0 aromatic carbocycles. The second-order valence-corrected chi connectivity index (χ2v) is 3.18. The Balaban J connectivity index is 4.41. The molecular formula is C10H14O6. The van der Waals surface area contributed by atoms with Gasteiger partial charge in [-0.15, -0.1) is 0 Å². The number of hydrogen-bond acceptors (Lipinski definition) is 6. The minimum Gasteiger partial charge on any atom is -0.469 e. The third-order valence-corrected chi connectivity index (χ3v) is 1.98. The van der Waals surface area contributed by atoms with Gasteiger partial charge in [-0.25, -0.2) is 0 Å². The van der Waals surface area contributed by atoms with Crippen molar-refractivity contribution >= 4 is 23.5 Å². The van der Waals surface area contributed by atoms with Crippen LogP contribution in [0.25, 0.3) is 0 Å². The molecule has 0 radical (unpaired) electrons. The van der Waals surface area contributed by atoms with Gasteiger partial charge in [0.1, 0.15) is 23.9 Å². The molecular weight excluding hydrogens is 216 g/mol. The number of Topliss-reactive ketones (excluding diaryl/α,β-unsaturated/α-hetero) is 2. The molecule has 0 aliphatic heterocycles. The van der Waals surface area contributed by atoms with Gasteiger partial charge in [-0.2, -0.15) is 0 Å². The molecule has 0 fully saturated rings. The molecule has 6 heteroatoms. The average Bonchev–Trinajstić information content (AvgIpc) is 2.24. The van der Waals surface area contributed by atoms with Crippen molar-refractivity contribution in [1.29, 1.82) is 0 Å². The highest BCUT2D eigenvalue weighted by Gasteiger charge is 2.27. The van der Waals surface area contributed by atoms with Gasteiger partial charge in [-0.1, -0.05) is 0 Å². The van der Waals surface area contributed by atoms with E-state index in [0.717, 1.165) is 14.2 Å². The van der Waals surface area contributed by atoms with Crippen LogP contribution in [0, 0.1) is 5.92 Å². The molecule has 1 atom stereocenters. The monoisotopic (exact) mass is 230 g/mol. The molecule has 0 aromatic rings. The van der Waals surface area contributed by atoms with Crippen molar-refractivity contribution in [2.75, 3.05) is 14.2 Å². The predicted octanol–water partition coefficient (Wildman–Crippen LogP) is -0.113. The zero-order chi connectivity index (χ0) is 12.7. The molecule has 16 heavy (non-hydrogen) atoms. The summed E-state index contributed by atoms with van der Waals surface area (Å²) >= 11 is 0. The van der Waals surface area contributed by atoms with E-state index in [2.05, 4.69) is 9.47 Å². The number of esters is 2. The normalized spacial score (nSPS) is 11.4. The van der Waals surface area contributed by atoms with Crippen molar-refractivity contribution in [3.8, 4) is 0 Å². The van der Waals surface area contributed by atoms with Crippen LogP contribution >= 0.6 is 0 Å². The van der Waals surface area contributed by atoms with Gasteiger partial charge in [0.2, 0.25) is 0 Å². The maximum atomic E-state index is 11.3. The maximum Gasteiger partial charge on any atom is 0.316 e. The van der Waals surface area contributed by atoms with Crippen molar-refractivity contribution in [1.82, 2.24) is 0 Å². The zero-order valence-electron chi connectivity index (χ0n) is 9.44. The topological polar surface area (TPSA) is 86.7 Å². The third kappa shape index (κ3) is 4.68. The molecule has 0 bridgehead atoms. The highest BCUT2D eigenvalue weighted by Crippen LogP contribution is 2.09. The first-order valence-electron chi connectivity index (χ1n) is 4.59. The van der Waals surface area contributed by atoms with Crippen molar-refractivity contribution < 1.29 is 28.7 Å². The van der Waals surface area contributed by atoms with E-state index < -0.39 is 35.8 Å². The maximum absolute atomic E-state index is 11.3. The molecule has 0 aliphatic carbocycles. The molecule has 0 N–H and O–H groups in total. The molecule has 0 rings (SSSR count). The number of carbonyl (C=O) groups excluding carboxylic acids is 4. The quantitative estimate of drug-likeness (QED) is 0.467. The summed E-state index contributed by atoms with van der Waals surface area (Å²) in [6, 6.07) is 0. The Morgan fingerprint density at radius 3 is 2.00 bits per heavy atom. The molecule has 0 aliphatic rings. The summed E-state index contributed by atoms with van der Waals surface area (Å²) in [5, 5.41) is 0. The summed E-state index contributed by atoms with van der Waals surface area (Å²) in [4.78, 5) is 44.3. The van der Waals surface area contributed by atoms with E-state index in [1.165, 1.54) is 6.92 Å². The molecule has 0 saturated heterocycles. The number of hydrogen-bond donors (Lipinski definition) is 0. The van der Waals surface area contributed by atoms with Crippen molar-refractivity contribution in [3.05, 3.63) is 0 Å². The fraction of sp³-hybridized carbons (Fsp3) is 0.600. The minimum absolute atomic E-state index is 0.336. The lowest BCUT2D eigenvalue weighted by Crippen LogP contribution is -2.27. The lowest BCUT2D eigenvalue weighted by atomic mass is 9.97. The van der Waals surface area contributed by atoms with Gasteiger partial charge >= 0.3 is 11.9 Å². The Morgan fingerprint density at radius 1 is 1.06 bits per heavy atom. The Hall–Kier alpha value is -1.72. The van der Waals surface area contributed by atoms with Crippen LogP contribution in [-0.4, -0.2) is 37.7 Å². The van der Waals surface area contributed by atoms with E-state index in [4.69, 9.17) is 0 Å². The number of carbonyl (C=O) groups is 4. The second-order valence-electron chi connectivity index (χ2n) is 3.18. The van der Waals surface area contributed by atoms with E-state index in [0.29, 0.717) is 0 Å². The molecule has 90 valence electrons. The average molecular weight is 230 g/mol. The molecule has 0 spiro atoms. The van der Waals surface area contributed by atoms with Gasteiger partial charge in [0.05, 0.1) is 14.2 Å². The first-order chi connectivity index (χ1) is 7.42. The van der Waals surface area contributed by atoms with Crippen LogP contribution in [0.4, 0.5) is 0 Å². The summed E-state index contributed by atoms with van der Waals surface area (Å²) in [6.07, 6.45) is -0.783. The molecule has 1 unspecified atom stereocenters. The smallest absolute Gasteiger partial charge is 0.316 e. The first kappa shape index (κ1) is 14.3. The van der Waals surface area contributed by atoms with Crippen LogP contribution in [0.5, 0.6) is 0 Å². The third-order valence-electron chi connectivity index (χ3n) is 1.98. The van der Waals surface area contributed by atoms with Crippen molar-refractivity contribution in [3.63, 3.8) is 0 Å². The number of rotatable bonds is 6. The predicted molar refractivity (Wildman–Crippen MR) is 52.4 cm³/mol. The van der Waals surface area contributed by atoms with Crippen LogP contribution in [0.2, 0.25) is 0 Å². The largest absolute Gasteiger partial charge is 0.469 e. The van der Waals surface area contributed by atoms with Gasteiger partial charge in [0.15, 0.2) is 0 Å². The highest BCUT2D eigenvalue weighted by atomic mass is 16.5. The lowest BCUT2D eigenvalue weighted by Gasteiger charge is -2.09. The van der Waals surface area contributed by atoms with Crippen LogP contribution in [0.3, 0.4) is 0 Å². The van der Waals surface area contributed by atoms with Crippen LogP contribution in [0.1, 0.15) is 19.8 Å². The van der Waals surface area contributed by atoms with E-state index in [-0.39, 0.29) is 6.42 Å². The van der Waals surface area contributed by atoms with E-state index in [1.807, 2.05) is 0 Å². The number of ketones is 2. The standard InChI is InChI=1S/C10H14O6/c1-6(11)8(10(14)16-3)4-7(12)5-9(13)15-2/h8H,4-5H2,1-3H3. The van der Waals surface area contributed by atoms with Gasteiger partial charge < -0.3 is 9.47 Å². The minimum atomic E-state index is -1.14. The molecule has 0 saturated carbocycles. The Morgan fingerprint density at radius 2 is 1.62 bits per heavy atom. The Kier molecular flexibility index (Phi) is 5.99. The highest BCUT2D eigenvalue weighted by molar-refractivity contribution is 6.04. The Bertz CT molecular complexity index is 306. The van der Waals surface area contributed by atoms with Gasteiger partial charge in [0, 0.05) is 6.42 Å². The van der Waals surface area contributed by atoms with Gasteiger partial charge in [0.25, 0.3) is 0 Å². The van der Waals surface area contributed by atoms with E-state index >= 15 is 0 Å². The van der Waals surface area contributed by atoms with Crippen LogP contribution in [-0.2, 0) is 28.7 Å². The van der Waals surface area contributed by atoms with Gasteiger partial charge in [-0.3, -0.25) is 19.2 Å². The van der Waals surface area contributed by atoms with Crippen LogP contribution in [0.15, 0.2) is 0 Å². The summed E-state index contributed by atoms with van der Waals surface area (Å²) in [5.41, 5.74) is 0. The summed E-state index contributed by atoms with van der Waals surface area (Å²) in [7, 11) is 2.28. The fourth-order valence-corrected chi connectivity index (χ4v) is 1.07. The lowest BCUT2D eigenvalue weighted by molar-refractivity contribution is -0.152.